The molecule has 0 amide bonds. The molecule has 0 unspecified atom stereocenters. The average molecular weight is 251 g/mol. The second kappa shape index (κ2) is 5.04. The lowest BCUT2D eigenvalue weighted by atomic mass is 10.2. The molecule has 0 bridgehead atoms. The van der Waals surface area contributed by atoms with Crippen LogP contribution < -0.4 is 5.32 Å². The monoisotopic (exact) mass is 251 g/mol. The summed E-state index contributed by atoms with van der Waals surface area (Å²) in [5.74, 6) is 0. The Kier molecular flexibility index (Phi) is 3.45. The number of hydrogen-bond donors (Lipinski definition) is 1. The highest BCUT2D eigenvalue weighted by Crippen LogP contribution is 2.30. The topological polar surface area (TPSA) is 28.2 Å². The quantitative estimate of drug-likeness (QED) is 0.869. The fraction of sp³-hybridized carbons (Fsp3) is 0.769. The lowest BCUT2D eigenvalue weighted by Gasteiger charge is -2.25. The van der Waals surface area contributed by atoms with Crippen molar-refractivity contribution in [1.82, 2.24) is 15.2 Å². The minimum absolute atomic E-state index is 0.726. The number of nitrogens with zero attached hydrogens (tertiary/aromatic N) is 2. The van der Waals surface area contributed by atoms with Crippen LogP contribution in [0.25, 0.3) is 0 Å². The minimum atomic E-state index is 0.726. The molecule has 0 radical (unpaired) electrons. The van der Waals surface area contributed by atoms with E-state index in [0.29, 0.717) is 0 Å². The minimum Gasteiger partial charge on any atom is -0.313 e. The maximum atomic E-state index is 4.36. The molecule has 1 aliphatic heterocycles. The Morgan fingerprint density at radius 2 is 2.35 bits per heavy atom. The summed E-state index contributed by atoms with van der Waals surface area (Å²) in [4.78, 5) is 8.48. The average Bonchev–Trinajstić information content (AvgIpc) is 2.91. The molecule has 0 aromatic carbocycles. The van der Waals surface area contributed by atoms with Gasteiger partial charge in [-0.3, -0.25) is 4.90 Å². The molecule has 1 aromatic rings. The van der Waals surface area contributed by atoms with Gasteiger partial charge in [-0.05, 0) is 39.2 Å². The van der Waals surface area contributed by atoms with Crippen LogP contribution in [0.2, 0.25) is 0 Å². The van der Waals surface area contributed by atoms with Crippen LogP contribution in [0.1, 0.15) is 36.3 Å². The van der Waals surface area contributed by atoms with E-state index in [1.807, 2.05) is 16.8 Å². The third-order valence-electron chi connectivity index (χ3n) is 3.87. The Bertz CT molecular complexity index is 366. The molecule has 2 fully saturated rings. The summed E-state index contributed by atoms with van der Waals surface area (Å²) in [5, 5.41) is 3.61. The maximum Gasteiger partial charge on any atom is 0.0798 e. The molecule has 2 aliphatic rings. The van der Waals surface area contributed by atoms with Crippen molar-refractivity contribution in [3.63, 3.8) is 0 Å². The van der Waals surface area contributed by atoms with Crippen LogP contribution >= 0.6 is 11.3 Å². The van der Waals surface area contributed by atoms with Gasteiger partial charge in [0.05, 0.1) is 11.2 Å². The number of nitrogens with one attached hydrogen (secondary N) is 1. The van der Waals surface area contributed by atoms with Crippen LogP contribution in [-0.2, 0) is 6.54 Å². The summed E-state index contributed by atoms with van der Waals surface area (Å²) < 4.78 is 0. The summed E-state index contributed by atoms with van der Waals surface area (Å²) in [6.45, 7) is 5.68. The van der Waals surface area contributed by atoms with E-state index >= 15 is 0 Å². The van der Waals surface area contributed by atoms with Crippen LogP contribution in [0.15, 0.2) is 5.51 Å². The zero-order valence-corrected chi connectivity index (χ0v) is 11.3. The lowest BCUT2D eigenvalue weighted by Crippen LogP contribution is -2.38. The number of thiazole rings is 1. The zero-order chi connectivity index (χ0) is 11.7. The van der Waals surface area contributed by atoms with Gasteiger partial charge in [-0.25, -0.2) is 4.98 Å². The number of hydrogen-bond acceptors (Lipinski definition) is 4. The first kappa shape index (κ1) is 11.6. The molecule has 2 heterocycles. The number of rotatable bonds is 5. The van der Waals surface area contributed by atoms with Crippen LogP contribution in [-0.4, -0.2) is 35.1 Å². The normalized spacial score (nSPS) is 24.7. The van der Waals surface area contributed by atoms with Crippen LogP contribution in [0.5, 0.6) is 0 Å². The molecule has 1 atom stereocenters. The Hall–Kier alpha value is -0.450. The highest BCUT2D eigenvalue weighted by atomic mass is 32.1. The van der Waals surface area contributed by atoms with Gasteiger partial charge < -0.3 is 5.32 Å². The summed E-state index contributed by atoms with van der Waals surface area (Å²) >= 11 is 1.81. The Morgan fingerprint density at radius 1 is 1.47 bits per heavy atom. The molecule has 1 N–H and O–H groups in total. The smallest absolute Gasteiger partial charge is 0.0798 e. The number of aryl methyl sites for hydroxylation is 1. The summed E-state index contributed by atoms with van der Waals surface area (Å²) in [5.41, 5.74) is 3.20. The van der Waals surface area contributed by atoms with Crippen LogP contribution in [0, 0.1) is 6.92 Å². The molecule has 0 spiro atoms. The van der Waals surface area contributed by atoms with Crippen molar-refractivity contribution in [2.75, 3.05) is 13.1 Å². The van der Waals surface area contributed by atoms with E-state index in [1.165, 1.54) is 49.3 Å². The first-order valence-corrected chi connectivity index (χ1v) is 7.57. The maximum absolute atomic E-state index is 4.36. The van der Waals surface area contributed by atoms with Crippen LogP contribution in [0.4, 0.5) is 0 Å². The van der Waals surface area contributed by atoms with Gasteiger partial charge in [0.15, 0.2) is 0 Å². The molecular weight excluding hydrogens is 230 g/mol. The van der Waals surface area contributed by atoms with Gasteiger partial charge in [-0.2, -0.15) is 0 Å². The van der Waals surface area contributed by atoms with Crippen molar-refractivity contribution < 1.29 is 0 Å². The molecular formula is C13H21N3S. The second-order valence-corrected chi connectivity index (χ2v) is 6.25. The van der Waals surface area contributed by atoms with Gasteiger partial charge in [0.25, 0.3) is 0 Å². The third-order valence-corrected chi connectivity index (χ3v) is 4.79. The standard InChI is InChI=1S/C13H21N3S/c1-10-13(17-9-15-10)8-16(12-4-5-12)7-11-3-2-6-14-11/h9,11-12,14H,2-8H2,1H3/t11-/m0/s1. The molecule has 1 aliphatic carbocycles. The zero-order valence-electron chi connectivity index (χ0n) is 10.5. The predicted molar refractivity (Wildman–Crippen MR) is 71.3 cm³/mol. The fourth-order valence-electron chi connectivity index (χ4n) is 2.64. The highest BCUT2D eigenvalue weighted by molar-refractivity contribution is 7.09. The van der Waals surface area contributed by atoms with Gasteiger partial charge in [0, 0.05) is 30.1 Å². The summed E-state index contributed by atoms with van der Waals surface area (Å²) in [6.07, 6.45) is 5.49. The van der Waals surface area contributed by atoms with Crippen molar-refractivity contribution in [3.05, 3.63) is 16.1 Å². The molecule has 3 rings (SSSR count). The van der Waals surface area contributed by atoms with E-state index < -0.39 is 0 Å². The van der Waals surface area contributed by atoms with Crippen molar-refractivity contribution in [2.45, 2.75) is 51.2 Å². The van der Waals surface area contributed by atoms with Crippen molar-refractivity contribution in [3.8, 4) is 0 Å². The van der Waals surface area contributed by atoms with Gasteiger partial charge in [0.2, 0.25) is 0 Å². The van der Waals surface area contributed by atoms with Crippen molar-refractivity contribution in [2.24, 2.45) is 0 Å². The molecule has 1 aromatic heterocycles. The molecule has 94 valence electrons. The van der Waals surface area contributed by atoms with E-state index in [9.17, 15) is 0 Å². The number of aromatic nitrogens is 1. The Labute approximate surface area is 107 Å². The fourth-order valence-corrected chi connectivity index (χ4v) is 3.44. The van der Waals surface area contributed by atoms with E-state index in [4.69, 9.17) is 0 Å². The Balaban J connectivity index is 1.61. The van der Waals surface area contributed by atoms with E-state index in [0.717, 1.165) is 18.6 Å². The highest BCUT2D eigenvalue weighted by Gasteiger charge is 2.31. The first-order chi connectivity index (χ1) is 8.33. The SMILES string of the molecule is Cc1ncsc1CN(C[C@@H]1CCCN1)C1CC1. The van der Waals surface area contributed by atoms with Crippen molar-refractivity contribution >= 4 is 11.3 Å². The predicted octanol–water partition coefficient (Wildman–Crippen LogP) is 2.17. The third kappa shape index (κ3) is 2.87. The van der Waals surface area contributed by atoms with Crippen LogP contribution in [0.3, 0.4) is 0 Å². The molecule has 17 heavy (non-hydrogen) atoms. The van der Waals surface area contributed by atoms with Gasteiger partial charge in [-0.1, -0.05) is 0 Å². The molecule has 1 saturated heterocycles. The summed E-state index contributed by atoms with van der Waals surface area (Å²) in [6, 6.07) is 1.57. The lowest BCUT2D eigenvalue weighted by molar-refractivity contribution is 0.232. The summed E-state index contributed by atoms with van der Waals surface area (Å²) in [7, 11) is 0. The van der Waals surface area contributed by atoms with Gasteiger partial charge in [0.1, 0.15) is 0 Å². The van der Waals surface area contributed by atoms with E-state index in [1.54, 1.807) is 0 Å². The van der Waals surface area contributed by atoms with Gasteiger partial charge in [-0.15, -0.1) is 11.3 Å². The molecule has 4 heteroatoms. The second-order valence-electron chi connectivity index (χ2n) is 5.31. The van der Waals surface area contributed by atoms with E-state index in [2.05, 4.69) is 22.1 Å². The molecule has 1 saturated carbocycles. The van der Waals surface area contributed by atoms with E-state index in [-0.39, 0.29) is 0 Å². The Morgan fingerprint density at radius 3 is 2.94 bits per heavy atom. The first-order valence-electron chi connectivity index (χ1n) is 6.69. The largest absolute Gasteiger partial charge is 0.313 e. The van der Waals surface area contributed by atoms with Crippen molar-refractivity contribution in [1.29, 1.82) is 0 Å². The molecule has 3 nitrogen and oxygen atoms in total. The van der Waals surface area contributed by atoms with Gasteiger partial charge >= 0.3 is 0 Å².